The van der Waals surface area contributed by atoms with Crippen LogP contribution >= 0.6 is 0 Å². The van der Waals surface area contributed by atoms with Gasteiger partial charge in [0, 0.05) is 6.54 Å². The van der Waals surface area contributed by atoms with Crippen molar-refractivity contribution < 1.29 is 9.53 Å². The predicted molar refractivity (Wildman–Crippen MR) is 68.4 cm³/mol. The van der Waals surface area contributed by atoms with Crippen LogP contribution in [0.1, 0.15) is 30.0 Å². The molecule has 0 radical (unpaired) electrons. The normalized spacial score (nSPS) is 11.3. The molecule has 1 heterocycles. The van der Waals surface area contributed by atoms with Gasteiger partial charge in [-0.05, 0) is 26.9 Å². The van der Waals surface area contributed by atoms with E-state index in [4.69, 9.17) is 4.74 Å². The Bertz CT molecular complexity index is 399. The van der Waals surface area contributed by atoms with Gasteiger partial charge in [-0.2, -0.15) is 0 Å². The Balaban J connectivity index is 2.64. The summed E-state index contributed by atoms with van der Waals surface area (Å²) in [4.78, 5) is 13.8. The molecule has 0 aromatic carbocycles. The first-order chi connectivity index (χ1) is 8.41. The lowest BCUT2D eigenvalue weighted by molar-refractivity contribution is 0.0451. The van der Waals surface area contributed by atoms with Crippen LogP contribution in [0.2, 0.25) is 0 Å². The van der Waals surface area contributed by atoms with Gasteiger partial charge in [0.2, 0.25) is 0 Å². The van der Waals surface area contributed by atoms with E-state index in [0.717, 1.165) is 12.2 Å². The molecule has 0 bridgehead atoms. The van der Waals surface area contributed by atoms with E-state index in [2.05, 4.69) is 15.2 Å². The summed E-state index contributed by atoms with van der Waals surface area (Å²) >= 11 is 0. The van der Waals surface area contributed by atoms with Gasteiger partial charge in [-0.25, -0.2) is 9.48 Å². The molecule has 102 valence electrons. The first-order valence-electron chi connectivity index (χ1n) is 6.13. The highest BCUT2D eigenvalue weighted by atomic mass is 16.5. The minimum atomic E-state index is -0.391. The molecule has 0 saturated carbocycles. The minimum absolute atomic E-state index is 0.314. The fourth-order valence-corrected chi connectivity index (χ4v) is 1.37. The number of carbonyl (C=O) groups excluding carboxylic acids is 1. The number of esters is 1. The average molecular weight is 254 g/mol. The number of aromatic nitrogens is 3. The highest BCUT2D eigenvalue weighted by molar-refractivity contribution is 5.88. The number of carbonyl (C=O) groups is 1. The van der Waals surface area contributed by atoms with Crippen molar-refractivity contribution in [1.82, 2.24) is 19.9 Å². The standard InChI is InChI=1S/C12H22N4O2/c1-9(2)8-18-12(17)11-10(3)16(14-13-11)7-6-15(4)5/h9H,6-8H2,1-5H3. The number of nitrogens with zero attached hydrogens (tertiary/aromatic N) is 4. The first kappa shape index (κ1) is 14.6. The van der Waals surface area contributed by atoms with Gasteiger partial charge in [-0.15, -0.1) is 5.10 Å². The van der Waals surface area contributed by atoms with Gasteiger partial charge in [0.1, 0.15) is 0 Å². The van der Waals surface area contributed by atoms with Gasteiger partial charge in [0.05, 0.1) is 18.8 Å². The van der Waals surface area contributed by atoms with Crippen molar-refractivity contribution in [2.75, 3.05) is 27.2 Å². The van der Waals surface area contributed by atoms with Crippen LogP contribution in [0.4, 0.5) is 0 Å². The van der Waals surface area contributed by atoms with Crippen LogP contribution in [0, 0.1) is 12.8 Å². The van der Waals surface area contributed by atoms with Crippen molar-refractivity contribution in [3.8, 4) is 0 Å². The quantitative estimate of drug-likeness (QED) is 0.708. The fourth-order valence-electron chi connectivity index (χ4n) is 1.37. The monoisotopic (exact) mass is 254 g/mol. The molecule has 0 spiro atoms. The van der Waals surface area contributed by atoms with Crippen LogP contribution in [0.15, 0.2) is 0 Å². The summed E-state index contributed by atoms with van der Waals surface area (Å²) in [5, 5.41) is 7.87. The Hall–Kier alpha value is -1.43. The highest BCUT2D eigenvalue weighted by Gasteiger charge is 2.18. The van der Waals surface area contributed by atoms with Gasteiger partial charge in [-0.3, -0.25) is 0 Å². The van der Waals surface area contributed by atoms with Crippen molar-refractivity contribution in [3.63, 3.8) is 0 Å². The zero-order chi connectivity index (χ0) is 13.7. The molecule has 0 unspecified atom stereocenters. The molecule has 6 heteroatoms. The number of rotatable bonds is 6. The third-order valence-corrected chi connectivity index (χ3v) is 2.48. The van der Waals surface area contributed by atoms with Crippen molar-refractivity contribution in [2.45, 2.75) is 27.3 Å². The molecular weight excluding hydrogens is 232 g/mol. The lowest BCUT2D eigenvalue weighted by atomic mass is 10.2. The topological polar surface area (TPSA) is 60.2 Å². The van der Waals surface area contributed by atoms with E-state index in [0.29, 0.717) is 24.8 Å². The Morgan fingerprint density at radius 3 is 2.67 bits per heavy atom. The van der Waals surface area contributed by atoms with E-state index in [9.17, 15) is 4.79 Å². The average Bonchev–Trinajstić information content (AvgIpc) is 2.65. The molecule has 0 N–H and O–H groups in total. The molecule has 0 atom stereocenters. The molecule has 0 aliphatic heterocycles. The van der Waals surface area contributed by atoms with Crippen LogP contribution in [-0.2, 0) is 11.3 Å². The Labute approximate surface area is 108 Å². The van der Waals surface area contributed by atoms with Gasteiger partial charge in [-0.1, -0.05) is 19.1 Å². The molecule has 0 aliphatic rings. The predicted octanol–water partition coefficient (Wildman–Crippen LogP) is 0.961. The van der Waals surface area contributed by atoms with Crippen molar-refractivity contribution in [3.05, 3.63) is 11.4 Å². The van der Waals surface area contributed by atoms with E-state index in [1.165, 1.54) is 0 Å². The van der Waals surface area contributed by atoms with Crippen LogP contribution in [0.3, 0.4) is 0 Å². The summed E-state index contributed by atoms with van der Waals surface area (Å²) in [6, 6.07) is 0. The third-order valence-electron chi connectivity index (χ3n) is 2.48. The van der Waals surface area contributed by atoms with E-state index in [1.54, 1.807) is 4.68 Å². The molecule has 1 aromatic heterocycles. The van der Waals surface area contributed by atoms with Crippen LogP contribution in [0.25, 0.3) is 0 Å². The zero-order valence-corrected chi connectivity index (χ0v) is 11.8. The van der Waals surface area contributed by atoms with Crippen LogP contribution in [-0.4, -0.2) is 53.1 Å². The molecule has 0 aliphatic carbocycles. The van der Waals surface area contributed by atoms with E-state index in [-0.39, 0.29) is 0 Å². The lowest BCUT2D eigenvalue weighted by Crippen LogP contribution is -2.20. The highest BCUT2D eigenvalue weighted by Crippen LogP contribution is 2.06. The summed E-state index contributed by atoms with van der Waals surface area (Å²) in [7, 11) is 3.98. The van der Waals surface area contributed by atoms with Crippen molar-refractivity contribution in [1.29, 1.82) is 0 Å². The minimum Gasteiger partial charge on any atom is -0.461 e. The molecule has 0 fully saturated rings. The second-order valence-electron chi connectivity index (χ2n) is 5.04. The second kappa shape index (κ2) is 6.49. The maximum atomic E-state index is 11.8. The Morgan fingerprint density at radius 2 is 2.11 bits per heavy atom. The summed E-state index contributed by atoms with van der Waals surface area (Å²) in [6.45, 7) is 7.79. The van der Waals surface area contributed by atoms with Gasteiger partial charge in [0.25, 0.3) is 0 Å². The molecule has 1 rings (SSSR count). The van der Waals surface area contributed by atoms with E-state index < -0.39 is 5.97 Å². The van der Waals surface area contributed by atoms with Gasteiger partial charge < -0.3 is 9.64 Å². The first-order valence-corrected chi connectivity index (χ1v) is 6.13. The summed E-state index contributed by atoms with van der Waals surface area (Å²) < 4.78 is 6.87. The second-order valence-corrected chi connectivity index (χ2v) is 5.04. The lowest BCUT2D eigenvalue weighted by Gasteiger charge is -2.10. The fraction of sp³-hybridized carbons (Fsp3) is 0.750. The third kappa shape index (κ3) is 4.10. The number of hydrogen-bond acceptors (Lipinski definition) is 5. The van der Waals surface area contributed by atoms with E-state index in [1.807, 2.05) is 34.9 Å². The van der Waals surface area contributed by atoms with E-state index >= 15 is 0 Å². The number of ether oxygens (including phenoxy) is 1. The summed E-state index contributed by atoms with van der Waals surface area (Å²) in [5.41, 5.74) is 1.07. The van der Waals surface area contributed by atoms with Crippen LogP contribution in [0.5, 0.6) is 0 Å². The molecule has 6 nitrogen and oxygen atoms in total. The number of hydrogen-bond donors (Lipinski definition) is 0. The van der Waals surface area contributed by atoms with Crippen molar-refractivity contribution >= 4 is 5.97 Å². The maximum absolute atomic E-state index is 11.8. The number of likely N-dealkylation sites (N-methyl/N-ethyl adjacent to an activating group) is 1. The maximum Gasteiger partial charge on any atom is 0.360 e. The summed E-state index contributed by atoms with van der Waals surface area (Å²) in [6.07, 6.45) is 0. The Kier molecular flexibility index (Phi) is 5.27. The van der Waals surface area contributed by atoms with Crippen LogP contribution < -0.4 is 0 Å². The smallest absolute Gasteiger partial charge is 0.360 e. The largest absolute Gasteiger partial charge is 0.461 e. The Morgan fingerprint density at radius 1 is 1.44 bits per heavy atom. The van der Waals surface area contributed by atoms with Gasteiger partial charge >= 0.3 is 5.97 Å². The molecular formula is C12H22N4O2. The SMILES string of the molecule is Cc1c(C(=O)OCC(C)C)nnn1CCN(C)C. The molecule has 0 saturated heterocycles. The van der Waals surface area contributed by atoms with Gasteiger partial charge in [0.15, 0.2) is 5.69 Å². The zero-order valence-electron chi connectivity index (χ0n) is 11.8. The molecule has 18 heavy (non-hydrogen) atoms. The molecule has 0 amide bonds. The summed E-state index contributed by atoms with van der Waals surface area (Å²) in [5.74, 6) is -0.0738. The van der Waals surface area contributed by atoms with Crippen molar-refractivity contribution in [2.24, 2.45) is 5.92 Å². The molecule has 1 aromatic rings.